The van der Waals surface area contributed by atoms with Crippen molar-refractivity contribution in [3.8, 4) is 5.75 Å². The summed E-state index contributed by atoms with van der Waals surface area (Å²) in [5.41, 5.74) is 1.22. The summed E-state index contributed by atoms with van der Waals surface area (Å²) in [6.45, 7) is 3.79. The molecular weight excluding hydrogens is 256 g/mol. The first-order valence-corrected chi connectivity index (χ1v) is 6.90. The predicted molar refractivity (Wildman–Crippen MR) is 76.0 cm³/mol. The predicted octanol–water partition coefficient (Wildman–Crippen LogP) is 0.896. The lowest BCUT2D eigenvalue weighted by Crippen LogP contribution is -2.29. The van der Waals surface area contributed by atoms with E-state index in [1.165, 1.54) is 19.0 Å². The lowest BCUT2D eigenvalue weighted by Gasteiger charge is -2.16. The van der Waals surface area contributed by atoms with Crippen molar-refractivity contribution in [2.75, 3.05) is 26.7 Å². The number of pyridine rings is 1. The number of rotatable bonds is 4. The second kappa shape index (κ2) is 5.58. The Morgan fingerprint density at radius 2 is 1.95 bits per heavy atom. The van der Waals surface area contributed by atoms with Gasteiger partial charge in [0.2, 0.25) is 0 Å². The highest BCUT2D eigenvalue weighted by Crippen LogP contribution is 2.15. The molecule has 2 aromatic heterocycles. The second-order valence-electron chi connectivity index (χ2n) is 5.01. The molecule has 6 heteroatoms. The minimum absolute atomic E-state index is 0.0910. The van der Waals surface area contributed by atoms with Crippen LogP contribution in [0.25, 0.3) is 11.2 Å². The SMILES string of the molecule is COc1cnc2ncc(=O)n(CCN3CCCC3)c2c1. The van der Waals surface area contributed by atoms with Gasteiger partial charge < -0.3 is 14.2 Å². The van der Waals surface area contributed by atoms with Crippen molar-refractivity contribution in [2.24, 2.45) is 0 Å². The smallest absolute Gasteiger partial charge is 0.269 e. The van der Waals surface area contributed by atoms with E-state index >= 15 is 0 Å². The molecule has 0 saturated carbocycles. The van der Waals surface area contributed by atoms with Gasteiger partial charge in [-0.25, -0.2) is 9.97 Å². The monoisotopic (exact) mass is 274 g/mol. The lowest BCUT2D eigenvalue weighted by molar-refractivity contribution is 0.322. The third-order valence-corrected chi connectivity index (χ3v) is 3.75. The van der Waals surface area contributed by atoms with Crippen LogP contribution in [0.1, 0.15) is 12.8 Å². The minimum atomic E-state index is -0.0910. The number of fused-ring (bicyclic) bond motifs is 1. The Kier molecular flexibility index (Phi) is 3.64. The molecule has 2 aromatic rings. The summed E-state index contributed by atoms with van der Waals surface area (Å²) in [5, 5.41) is 0. The molecule has 0 radical (unpaired) electrons. The number of likely N-dealkylation sites (tertiary alicyclic amines) is 1. The molecule has 0 bridgehead atoms. The number of aromatic nitrogens is 3. The molecule has 0 N–H and O–H groups in total. The number of nitrogens with zero attached hydrogens (tertiary/aromatic N) is 4. The maximum absolute atomic E-state index is 12.1. The van der Waals surface area contributed by atoms with Crippen molar-refractivity contribution in [2.45, 2.75) is 19.4 Å². The van der Waals surface area contributed by atoms with Crippen LogP contribution in [0, 0.1) is 0 Å². The molecule has 6 nitrogen and oxygen atoms in total. The van der Waals surface area contributed by atoms with Gasteiger partial charge in [0.25, 0.3) is 5.56 Å². The molecular formula is C14H18N4O2. The fourth-order valence-corrected chi connectivity index (χ4v) is 2.62. The molecule has 1 saturated heterocycles. The summed E-state index contributed by atoms with van der Waals surface area (Å²) in [7, 11) is 1.59. The van der Waals surface area contributed by atoms with Crippen LogP contribution in [-0.4, -0.2) is 46.2 Å². The molecule has 3 heterocycles. The third-order valence-electron chi connectivity index (χ3n) is 3.75. The molecule has 3 rings (SSSR count). The van der Waals surface area contributed by atoms with Crippen LogP contribution in [0.2, 0.25) is 0 Å². The van der Waals surface area contributed by atoms with Gasteiger partial charge in [-0.1, -0.05) is 0 Å². The van der Waals surface area contributed by atoms with E-state index in [-0.39, 0.29) is 5.56 Å². The van der Waals surface area contributed by atoms with E-state index in [2.05, 4.69) is 14.9 Å². The molecule has 0 atom stereocenters. The largest absolute Gasteiger partial charge is 0.495 e. The Morgan fingerprint density at radius 3 is 2.70 bits per heavy atom. The molecule has 1 aliphatic heterocycles. The quantitative estimate of drug-likeness (QED) is 0.829. The van der Waals surface area contributed by atoms with E-state index in [1.54, 1.807) is 17.9 Å². The minimum Gasteiger partial charge on any atom is -0.495 e. The van der Waals surface area contributed by atoms with E-state index < -0.39 is 0 Å². The van der Waals surface area contributed by atoms with E-state index in [1.807, 2.05) is 6.07 Å². The molecule has 0 aromatic carbocycles. The Morgan fingerprint density at radius 1 is 1.20 bits per heavy atom. The topological polar surface area (TPSA) is 60.3 Å². The van der Waals surface area contributed by atoms with E-state index in [0.717, 1.165) is 25.2 Å². The van der Waals surface area contributed by atoms with Crippen molar-refractivity contribution in [1.29, 1.82) is 0 Å². The van der Waals surface area contributed by atoms with E-state index in [0.29, 0.717) is 17.9 Å². The standard InChI is InChI=1S/C14H18N4O2/c1-20-11-8-12-14(15-9-11)16-10-13(19)18(12)7-6-17-4-2-3-5-17/h8-10H,2-7H2,1H3. The fourth-order valence-electron chi connectivity index (χ4n) is 2.62. The Balaban J connectivity index is 1.94. The van der Waals surface area contributed by atoms with E-state index in [4.69, 9.17) is 4.74 Å². The molecule has 20 heavy (non-hydrogen) atoms. The number of ether oxygens (including phenoxy) is 1. The third kappa shape index (κ3) is 2.51. The van der Waals surface area contributed by atoms with Gasteiger partial charge in [0.15, 0.2) is 5.65 Å². The zero-order valence-corrected chi connectivity index (χ0v) is 11.6. The molecule has 0 spiro atoms. The summed E-state index contributed by atoms with van der Waals surface area (Å²) in [6.07, 6.45) is 5.46. The molecule has 0 unspecified atom stereocenters. The molecule has 0 aliphatic carbocycles. The maximum Gasteiger partial charge on any atom is 0.269 e. The van der Waals surface area contributed by atoms with Crippen molar-refractivity contribution < 1.29 is 4.74 Å². The van der Waals surface area contributed by atoms with Crippen LogP contribution in [0.15, 0.2) is 23.3 Å². The summed E-state index contributed by atoms with van der Waals surface area (Å²) < 4.78 is 6.91. The summed E-state index contributed by atoms with van der Waals surface area (Å²) in [6, 6.07) is 1.82. The highest BCUT2D eigenvalue weighted by atomic mass is 16.5. The van der Waals surface area contributed by atoms with Gasteiger partial charge in [-0.05, 0) is 25.9 Å². The van der Waals surface area contributed by atoms with Gasteiger partial charge in [0.1, 0.15) is 5.75 Å². The summed E-state index contributed by atoms with van der Waals surface area (Å²) in [4.78, 5) is 22.7. The van der Waals surface area contributed by atoms with Crippen molar-refractivity contribution >= 4 is 11.2 Å². The Bertz CT molecular complexity index is 662. The van der Waals surface area contributed by atoms with Crippen LogP contribution >= 0.6 is 0 Å². The van der Waals surface area contributed by atoms with E-state index in [9.17, 15) is 4.79 Å². The molecule has 1 fully saturated rings. The van der Waals surface area contributed by atoms with Gasteiger partial charge in [-0.15, -0.1) is 0 Å². The summed E-state index contributed by atoms with van der Waals surface area (Å²) >= 11 is 0. The van der Waals surface area contributed by atoms with Crippen LogP contribution in [0.4, 0.5) is 0 Å². The first-order chi connectivity index (χ1) is 9.78. The lowest BCUT2D eigenvalue weighted by atomic mass is 10.3. The van der Waals surface area contributed by atoms with Crippen molar-refractivity contribution in [3.05, 3.63) is 28.8 Å². The number of hydrogen-bond acceptors (Lipinski definition) is 5. The maximum atomic E-state index is 12.1. The average Bonchev–Trinajstić information content (AvgIpc) is 2.99. The first kappa shape index (κ1) is 13.1. The Labute approximate surface area is 117 Å². The highest BCUT2D eigenvalue weighted by molar-refractivity contribution is 5.71. The van der Waals surface area contributed by atoms with Gasteiger partial charge in [0, 0.05) is 19.2 Å². The van der Waals surface area contributed by atoms with Gasteiger partial charge in [-0.3, -0.25) is 4.79 Å². The van der Waals surface area contributed by atoms with Crippen LogP contribution in [0.5, 0.6) is 5.75 Å². The zero-order chi connectivity index (χ0) is 13.9. The summed E-state index contributed by atoms with van der Waals surface area (Å²) in [5.74, 6) is 0.639. The van der Waals surface area contributed by atoms with Crippen LogP contribution in [0.3, 0.4) is 0 Å². The number of methoxy groups -OCH3 is 1. The van der Waals surface area contributed by atoms with Gasteiger partial charge in [0.05, 0.1) is 25.0 Å². The van der Waals surface area contributed by atoms with Gasteiger partial charge in [-0.2, -0.15) is 0 Å². The molecule has 1 aliphatic rings. The number of hydrogen-bond donors (Lipinski definition) is 0. The zero-order valence-electron chi connectivity index (χ0n) is 11.6. The first-order valence-electron chi connectivity index (χ1n) is 6.90. The fraction of sp³-hybridized carbons (Fsp3) is 0.500. The average molecular weight is 274 g/mol. The van der Waals surface area contributed by atoms with Crippen LogP contribution < -0.4 is 10.3 Å². The second-order valence-corrected chi connectivity index (χ2v) is 5.01. The molecule has 0 amide bonds. The molecule has 106 valence electrons. The van der Waals surface area contributed by atoms with Crippen molar-refractivity contribution in [3.63, 3.8) is 0 Å². The Hall–Kier alpha value is -1.95. The highest BCUT2D eigenvalue weighted by Gasteiger charge is 2.13. The van der Waals surface area contributed by atoms with Crippen molar-refractivity contribution in [1.82, 2.24) is 19.4 Å². The normalized spacial score (nSPS) is 15.8. The van der Waals surface area contributed by atoms with Crippen LogP contribution in [-0.2, 0) is 6.54 Å². The van der Waals surface area contributed by atoms with Gasteiger partial charge >= 0.3 is 0 Å².